The molecule has 2 rings (SSSR count). The van der Waals surface area contributed by atoms with Crippen molar-refractivity contribution in [1.29, 1.82) is 5.26 Å². The lowest BCUT2D eigenvalue weighted by molar-refractivity contribution is -0.123. The second-order valence-corrected chi connectivity index (χ2v) is 7.00. The van der Waals surface area contributed by atoms with Crippen LogP contribution in [0.3, 0.4) is 0 Å². The molecule has 0 aromatic heterocycles. The minimum atomic E-state index is -0.00746. The number of rotatable bonds is 6. The number of carbonyl (C=O) groups excluding carboxylic acids is 1. The van der Waals surface area contributed by atoms with Crippen LogP contribution < -0.4 is 20.9 Å². The monoisotopic (exact) mass is 498 g/mol. The molecule has 1 aliphatic heterocycles. The molecule has 28 heavy (non-hydrogen) atoms. The van der Waals surface area contributed by atoms with Crippen molar-refractivity contribution >= 4 is 41.5 Å². The first kappa shape index (κ1) is 24.0. The van der Waals surface area contributed by atoms with E-state index in [2.05, 4.69) is 31.9 Å². The molecule has 154 valence electrons. The Kier molecular flexibility index (Phi) is 10.7. The average molecular weight is 498 g/mol. The predicted molar refractivity (Wildman–Crippen MR) is 124 cm³/mol. The van der Waals surface area contributed by atoms with E-state index in [0.717, 1.165) is 37.6 Å². The maximum absolute atomic E-state index is 11.6. The zero-order valence-corrected chi connectivity index (χ0v) is 19.2. The molecule has 7 nitrogen and oxygen atoms in total. The summed E-state index contributed by atoms with van der Waals surface area (Å²) in [5.41, 5.74) is 1.70. The Morgan fingerprint density at radius 1 is 1.32 bits per heavy atom. The lowest BCUT2D eigenvalue weighted by atomic mass is 10.0. The number of anilines is 1. The van der Waals surface area contributed by atoms with Crippen molar-refractivity contribution in [3.05, 3.63) is 29.8 Å². The van der Waals surface area contributed by atoms with Crippen molar-refractivity contribution in [2.45, 2.75) is 32.7 Å². The van der Waals surface area contributed by atoms with Gasteiger partial charge in [-0.25, -0.2) is 0 Å². The van der Waals surface area contributed by atoms with Crippen LogP contribution in [-0.4, -0.2) is 51.1 Å². The summed E-state index contributed by atoms with van der Waals surface area (Å²) in [4.78, 5) is 18.1. The molecule has 1 aromatic carbocycles. The predicted octanol–water partition coefficient (Wildman–Crippen LogP) is 2.08. The zero-order chi connectivity index (χ0) is 19.6. The molecular weight excluding hydrogens is 467 g/mol. The molecular formula is C20H31IN6O. The van der Waals surface area contributed by atoms with Crippen LogP contribution in [0.4, 0.5) is 5.69 Å². The highest BCUT2D eigenvalue weighted by atomic mass is 127. The Labute approximate surface area is 185 Å². The van der Waals surface area contributed by atoms with Gasteiger partial charge in [0, 0.05) is 45.2 Å². The summed E-state index contributed by atoms with van der Waals surface area (Å²) in [5.74, 6) is 0.778. The minimum Gasteiger partial charge on any atom is -0.368 e. The van der Waals surface area contributed by atoms with Gasteiger partial charge in [0.2, 0.25) is 5.91 Å². The molecule has 8 heteroatoms. The summed E-state index contributed by atoms with van der Waals surface area (Å²) < 4.78 is 0. The van der Waals surface area contributed by atoms with Crippen LogP contribution >= 0.6 is 24.0 Å². The van der Waals surface area contributed by atoms with E-state index in [4.69, 9.17) is 0 Å². The van der Waals surface area contributed by atoms with Gasteiger partial charge in [0.25, 0.3) is 0 Å². The van der Waals surface area contributed by atoms with E-state index in [1.165, 1.54) is 0 Å². The van der Waals surface area contributed by atoms with Gasteiger partial charge >= 0.3 is 0 Å². The molecule has 1 unspecified atom stereocenters. The molecule has 1 heterocycles. The van der Waals surface area contributed by atoms with Crippen LogP contribution in [0.25, 0.3) is 0 Å². The molecule has 1 aromatic rings. The standard InChI is InChI=1S/C20H30N6O.HI/c1-15(2)19(27)23-10-11-24-20(22-3)25-17-8-6-12-26(14-17)18-9-5-4-7-16(18)13-21;/h4-5,7,9,15,17H,6,8,10-12,14H2,1-3H3,(H,23,27)(H2,22,24,25);1H. The van der Waals surface area contributed by atoms with E-state index >= 15 is 0 Å². The normalized spacial score (nSPS) is 16.8. The smallest absolute Gasteiger partial charge is 0.222 e. The molecule has 1 aliphatic rings. The lowest BCUT2D eigenvalue weighted by Crippen LogP contribution is -2.52. The van der Waals surface area contributed by atoms with Crippen LogP contribution in [0, 0.1) is 17.2 Å². The highest BCUT2D eigenvalue weighted by molar-refractivity contribution is 14.0. The molecule has 1 fully saturated rings. The molecule has 0 saturated carbocycles. The number of hydrogen-bond acceptors (Lipinski definition) is 4. The summed E-state index contributed by atoms with van der Waals surface area (Å²) in [6.07, 6.45) is 2.11. The molecule has 0 radical (unpaired) electrons. The number of piperidine rings is 1. The third-order valence-corrected chi connectivity index (χ3v) is 4.59. The molecule has 0 aliphatic carbocycles. The number of nitriles is 1. The quantitative estimate of drug-likeness (QED) is 0.242. The van der Waals surface area contributed by atoms with Gasteiger partial charge in [-0.1, -0.05) is 26.0 Å². The molecule has 1 atom stereocenters. The lowest BCUT2D eigenvalue weighted by Gasteiger charge is -2.35. The van der Waals surface area contributed by atoms with Crippen molar-refractivity contribution in [3.8, 4) is 6.07 Å². The van der Waals surface area contributed by atoms with Gasteiger partial charge in [0.15, 0.2) is 5.96 Å². The average Bonchev–Trinajstić information content (AvgIpc) is 2.70. The Bertz CT molecular complexity index is 700. The zero-order valence-electron chi connectivity index (χ0n) is 16.9. The Morgan fingerprint density at radius 3 is 2.71 bits per heavy atom. The summed E-state index contributed by atoms with van der Waals surface area (Å²) in [6, 6.07) is 10.3. The van der Waals surface area contributed by atoms with Gasteiger partial charge < -0.3 is 20.9 Å². The van der Waals surface area contributed by atoms with Crippen LogP contribution in [-0.2, 0) is 4.79 Å². The Hall–Kier alpha value is -2.02. The highest BCUT2D eigenvalue weighted by Gasteiger charge is 2.22. The van der Waals surface area contributed by atoms with Gasteiger partial charge in [0.05, 0.1) is 11.3 Å². The SMILES string of the molecule is CN=C(NCCNC(=O)C(C)C)NC1CCCN(c2ccccc2C#N)C1.I. The third kappa shape index (κ3) is 7.19. The Balaban J connectivity index is 0.00000392. The van der Waals surface area contributed by atoms with E-state index in [-0.39, 0.29) is 41.8 Å². The van der Waals surface area contributed by atoms with E-state index in [1.54, 1.807) is 7.05 Å². The third-order valence-electron chi connectivity index (χ3n) is 4.59. The summed E-state index contributed by atoms with van der Waals surface area (Å²) in [5, 5.41) is 18.9. The number of benzene rings is 1. The molecule has 1 amide bonds. The van der Waals surface area contributed by atoms with E-state index in [1.807, 2.05) is 38.1 Å². The number of aliphatic imine (C=N–C) groups is 1. The number of carbonyl (C=O) groups is 1. The summed E-state index contributed by atoms with van der Waals surface area (Å²) in [7, 11) is 1.74. The number of nitrogens with one attached hydrogen (secondary N) is 3. The van der Waals surface area contributed by atoms with Gasteiger partial charge in [-0.3, -0.25) is 9.79 Å². The Morgan fingerprint density at radius 2 is 2.04 bits per heavy atom. The number of guanidine groups is 1. The van der Waals surface area contributed by atoms with Crippen LogP contribution in [0.5, 0.6) is 0 Å². The van der Waals surface area contributed by atoms with E-state index in [0.29, 0.717) is 18.7 Å². The molecule has 0 spiro atoms. The second kappa shape index (κ2) is 12.4. The van der Waals surface area contributed by atoms with Crippen molar-refractivity contribution in [1.82, 2.24) is 16.0 Å². The topological polar surface area (TPSA) is 92.5 Å². The fourth-order valence-electron chi connectivity index (χ4n) is 3.12. The number of nitrogens with zero attached hydrogens (tertiary/aromatic N) is 3. The van der Waals surface area contributed by atoms with Crippen molar-refractivity contribution in [2.24, 2.45) is 10.9 Å². The van der Waals surface area contributed by atoms with Crippen LogP contribution in [0.15, 0.2) is 29.3 Å². The van der Waals surface area contributed by atoms with Gasteiger partial charge in [-0.2, -0.15) is 5.26 Å². The largest absolute Gasteiger partial charge is 0.368 e. The number of hydrogen-bond donors (Lipinski definition) is 3. The first-order chi connectivity index (χ1) is 13.0. The van der Waals surface area contributed by atoms with Crippen molar-refractivity contribution in [3.63, 3.8) is 0 Å². The first-order valence-electron chi connectivity index (χ1n) is 9.54. The van der Waals surface area contributed by atoms with E-state index < -0.39 is 0 Å². The summed E-state index contributed by atoms with van der Waals surface area (Å²) in [6.45, 7) is 6.70. The van der Waals surface area contributed by atoms with Gasteiger partial charge in [0.1, 0.15) is 6.07 Å². The van der Waals surface area contributed by atoms with Crippen molar-refractivity contribution < 1.29 is 4.79 Å². The van der Waals surface area contributed by atoms with Crippen molar-refractivity contribution in [2.75, 3.05) is 38.1 Å². The highest BCUT2D eigenvalue weighted by Crippen LogP contribution is 2.23. The summed E-state index contributed by atoms with van der Waals surface area (Å²) >= 11 is 0. The number of para-hydroxylation sites is 1. The fourth-order valence-corrected chi connectivity index (χ4v) is 3.12. The van der Waals surface area contributed by atoms with Gasteiger partial charge in [-0.15, -0.1) is 24.0 Å². The van der Waals surface area contributed by atoms with Gasteiger partial charge in [-0.05, 0) is 25.0 Å². The molecule has 1 saturated heterocycles. The maximum Gasteiger partial charge on any atom is 0.222 e. The second-order valence-electron chi connectivity index (χ2n) is 7.00. The molecule has 0 bridgehead atoms. The number of amides is 1. The minimum absolute atomic E-state index is 0. The maximum atomic E-state index is 11.6. The fraction of sp³-hybridized carbons (Fsp3) is 0.550. The van der Waals surface area contributed by atoms with Crippen LogP contribution in [0.1, 0.15) is 32.3 Å². The van der Waals surface area contributed by atoms with E-state index in [9.17, 15) is 10.1 Å². The van der Waals surface area contributed by atoms with Crippen LogP contribution in [0.2, 0.25) is 0 Å². The molecule has 3 N–H and O–H groups in total. The first-order valence-corrected chi connectivity index (χ1v) is 9.54. The number of halogens is 1.